The fourth-order valence-corrected chi connectivity index (χ4v) is 3.74. The normalized spacial score (nSPS) is 17.4. The molecule has 1 unspecified atom stereocenters. The number of hydrogen-bond acceptors (Lipinski definition) is 3. The Labute approximate surface area is 174 Å². The van der Waals surface area contributed by atoms with E-state index in [2.05, 4.69) is 60.8 Å². The van der Waals surface area contributed by atoms with E-state index in [1.54, 1.807) is 0 Å². The molecule has 0 aromatic carbocycles. The van der Waals surface area contributed by atoms with E-state index >= 15 is 0 Å². The maximum absolute atomic E-state index is 5.50. The first kappa shape index (κ1) is 24.3. The molecule has 0 bridgehead atoms. The zero-order valence-corrected chi connectivity index (χ0v) is 18.4. The average molecular weight is 384 g/mol. The van der Waals surface area contributed by atoms with Gasteiger partial charge in [-0.15, -0.1) is 6.42 Å². The molecule has 3 heteroatoms. The van der Waals surface area contributed by atoms with Crippen LogP contribution < -0.4 is 10.7 Å². The standard InChI is InChI=1S/C25H41N3/c1-7-13-21(5)24(18-17-23(14-8-2)15-9-3)27-25(16-10-4)22(6)28-20-12-11-19-26-28/h2,9,14-15,24-27H,5-7,10-13,16-20H2,1,3-4H3/b15-9-,23-14+/t24?,25-/m0/s1. The number of allylic oxidation sites excluding steroid dienone is 4. The van der Waals surface area contributed by atoms with Gasteiger partial charge in [-0.05, 0) is 57.1 Å². The highest BCUT2D eigenvalue weighted by molar-refractivity contribution is 5.27. The van der Waals surface area contributed by atoms with Crippen molar-refractivity contribution in [2.24, 2.45) is 0 Å². The van der Waals surface area contributed by atoms with Crippen LogP contribution >= 0.6 is 0 Å². The van der Waals surface area contributed by atoms with Crippen molar-refractivity contribution < 1.29 is 0 Å². The highest BCUT2D eigenvalue weighted by atomic mass is 15.5. The van der Waals surface area contributed by atoms with Crippen LogP contribution in [0, 0.1) is 12.3 Å². The molecule has 1 aliphatic rings. The summed E-state index contributed by atoms with van der Waals surface area (Å²) in [6.07, 6.45) is 20.3. The summed E-state index contributed by atoms with van der Waals surface area (Å²) >= 11 is 0. The first-order valence-electron chi connectivity index (χ1n) is 11.0. The Morgan fingerprint density at radius 3 is 2.54 bits per heavy atom. The summed E-state index contributed by atoms with van der Waals surface area (Å²) in [5.74, 6) is 2.67. The minimum absolute atomic E-state index is 0.260. The largest absolute Gasteiger partial charge is 0.312 e. The first-order valence-corrected chi connectivity index (χ1v) is 11.0. The Bertz CT molecular complexity index is 573. The lowest BCUT2D eigenvalue weighted by atomic mass is 9.94. The van der Waals surface area contributed by atoms with Gasteiger partial charge in [-0.2, -0.15) is 0 Å². The van der Waals surface area contributed by atoms with Crippen LogP contribution in [-0.2, 0) is 0 Å². The zero-order valence-electron chi connectivity index (χ0n) is 18.4. The van der Waals surface area contributed by atoms with Gasteiger partial charge < -0.3 is 10.3 Å². The van der Waals surface area contributed by atoms with Crippen LogP contribution in [-0.4, -0.2) is 30.2 Å². The van der Waals surface area contributed by atoms with Crippen molar-refractivity contribution in [1.29, 1.82) is 0 Å². The van der Waals surface area contributed by atoms with Crippen molar-refractivity contribution in [3.8, 4) is 12.3 Å². The Morgan fingerprint density at radius 2 is 1.96 bits per heavy atom. The Kier molecular flexibility index (Phi) is 12.4. The summed E-state index contributed by atoms with van der Waals surface area (Å²) in [6.45, 7) is 17.4. The van der Waals surface area contributed by atoms with Gasteiger partial charge in [0.25, 0.3) is 0 Å². The van der Waals surface area contributed by atoms with Crippen molar-refractivity contribution >= 4 is 0 Å². The minimum atomic E-state index is 0.260. The molecule has 1 aliphatic heterocycles. The molecular weight excluding hydrogens is 342 g/mol. The monoisotopic (exact) mass is 383 g/mol. The number of hydrogen-bond donors (Lipinski definition) is 2. The molecule has 156 valence electrons. The molecule has 1 saturated heterocycles. The van der Waals surface area contributed by atoms with Gasteiger partial charge in [0, 0.05) is 30.9 Å². The molecule has 0 saturated carbocycles. The maximum atomic E-state index is 5.50. The zero-order chi connectivity index (χ0) is 20.8. The van der Waals surface area contributed by atoms with Crippen LogP contribution in [0.15, 0.2) is 48.2 Å². The molecule has 0 aromatic heterocycles. The van der Waals surface area contributed by atoms with E-state index in [1.807, 2.05) is 13.0 Å². The molecule has 2 N–H and O–H groups in total. The second-order valence-electron chi connectivity index (χ2n) is 7.65. The van der Waals surface area contributed by atoms with Crippen LogP contribution in [0.1, 0.15) is 72.1 Å². The van der Waals surface area contributed by atoms with E-state index in [1.165, 1.54) is 24.0 Å². The summed E-state index contributed by atoms with van der Waals surface area (Å²) in [5.41, 5.74) is 7.14. The van der Waals surface area contributed by atoms with Crippen molar-refractivity contribution in [3.05, 3.63) is 48.2 Å². The lowest BCUT2D eigenvalue weighted by Gasteiger charge is -2.37. The molecule has 0 aliphatic carbocycles. The van der Waals surface area contributed by atoms with Crippen molar-refractivity contribution in [2.45, 2.75) is 84.2 Å². The van der Waals surface area contributed by atoms with Crippen molar-refractivity contribution in [3.63, 3.8) is 0 Å². The van der Waals surface area contributed by atoms with Crippen LogP contribution in [0.2, 0.25) is 0 Å². The summed E-state index contributed by atoms with van der Waals surface area (Å²) in [6, 6.07) is 0.528. The molecule has 28 heavy (non-hydrogen) atoms. The highest BCUT2D eigenvalue weighted by Crippen LogP contribution is 2.21. The highest BCUT2D eigenvalue weighted by Gasteiger charge is 2.23. The number of nitrogens with zero attached hydrogens (tertiary/aromatic N) is 1. The van der Waals surface area contributed by atoms with Crippen LogP contribution in [0.25, 0.3) is 0 Å². The third-order valence-electron chi connectivity index (χ3n) is 5.27. The second kappa shape index (κ2) is 14.3. The van der Waals surface area contributed by atoms with Gasteiger partial charge >= 0.3 is 0 Å². The van der Waals surface area contributed by atoms with Crippen LogP contribution in [0.4, 0.5) is 0 Å². The van der Waals surface area contributed by atoms with E-state index in [9.17, 15) is 0 Å². The van der Waals surface area contributed by atoms with E-state index in [-0.39, 0.29) is 12.1 Å². The predicted octanol–water partition coefficient (Wildman–Crippen LogP) is 5.50. The summed E-state index contributed by atoms with van der Waals surface area (Å²) < 4.78 is 0. The molecule has 0 spiro atoms. The SMILES string of the molecule is C#C/C=C(\C=C/C)CCC(N[C@@H](CCC)C(=C)N1CCCCN1)C(=C)CCC. The molecule has 1 rings (SSSR count). The quantitative estimate of drug-likeness (QED) is 0.250. The average Bonchev–Trinajstić information content (AvgIpc) is 2.70. The van der Waals surface area contributed by atoms with Gasteiger partial charge in [0.2, 0.25) is 0 Å². The molecule has 0 amide bonds. The Hall–Kier alpha value is -1.76. The third kappa shape index (κ3) is 8.50. The van der Waals surface area contributed by atoms with E-state index < -0.39 is 0 Å². The number of hydrazine groups is 1. The van der Waals surface area contributed by atoms with E-state index in [0.717, 1.165) is 57.3 Å². The molecule has 3 nitrogen and oxygen atoms in total. The summed E-state index contributed by atoms with van der Waals surface area (Å²) in [4.78, 5) is 0. The predicted molar refractivity (Wildman–Crippen MR) is 124 cm³/mol. The molecule has 0 aromatic rings. The molecule has 1 heterocycles. The Balaban J connectivity index is 2.87. The van der Waals surface area contributed by atoms with Gasteiger partial charge in [-0.3, -0.25) is 0 Å². The second-order valence-corrected chi connectivity index (χ2v) is 7.65. The van der Waals surface area contributed by atoms with Gasteiger partial charge in [0.1, 0.15) is 0 Å². The fraction of sp³-hybridized carbons (Fsp3) is 0.600. The topological polar surface area (TPSA) is 27.3 Å². The minimum Gasteiger partial charge on any atom is -0.312 e. The summed E-state index contributed by atoms with van der Waals surface area (Å²) in [7, 11) is 0. The fourth-order valence-electron chi connectivity index (χ4n) is 3.74. The smallest absolute Gasteiger partial charge is 0.0484 e. The first-order chi connectivity index (χ1) is 13.6. The van der Waals surface area contributed by atoms with Gasteiger partial charge in [-0.1, -0.05) is 63.5 Å². The lowest BCUT2D eigenvalue weighted by molar-refractivity contribution is 0.182. The number of nitrogens with one attached hydrogen (secondary N) is 2. The third-order valence-corrected chi connectivity index (χ3v) is 5.27. The number of rotatable bonds is 13. The van der Waals surface area contributed by atoms with Gasteiger partial charge in [-0.25, -0.2) is 5.43 Å². The van der Waals surface area contributed by atoms with Crippen molar-refractivity contribution in [1.82, 2.24) is 15.8 Å². The molecule has 2 atom stereocenters. The van der Waals surface area contributed by atoms with Crippen LogP contribution in [0.5, 0.6) is 0 Å². The maximum Gasteiger partial charge on any atom is 0.0484 e. The van der Waals surface area contributed by atoms with E-state index in [0.29, 0.717) is 0 Å². The lowest BCUT2D eigenvalue weighted by Crippen LogP contribution is -2.50. The molecule has 1 fully saturated rings. The van der Waals surface area contributed by atoms with Crippen LogP contribution in [0.3, 0.4) is 0 Å². The van der Waals surface area contributed by atoms with Crippen molar-refractivity contribution in [2.75, 3.05) is 13.1 Å². The number of terminal acetylenes is 1. The van der Waals surface area contributed by atoms with Gasteiger partial charge in [0.05, 0.1) is 0 Å². The molecular formula is C25H41N3. The summed E-state index contributed by atoms with van der Waals surface area (Å²) in [5, 5.41) is 6.14. The molecule has 0 radical (unpaired) electrons. The van der Waals surface area contributed by atoms with E-state index in [4.69, 9.17) is 6.42 Å². The van der Waals surface area contributed by atoms with Gasteiger partial charge in [0.15, 0.2) is 0 Å². The Morgan fingerprint density at radius 1 is 1.18 bits per heavy atom.